The molecule has 0 saturated heterocycles. The molecular formula is C24H36N2O. The normalized spacial score (nSPS) is 48.1. The molecule has 7 atom stereocenters. The SMILES string of the molecule is Cn1cc(/C=C2\C[C@@H]3[C@H]4CC[C@H]5CCCC[C@]5(C)[C@@H]4CC[C@]3(C)[C@H]2O)cn1. The average molecular weight is 369 g/mol. The Labute approximate surface area is 164 Å². The largest absolute Gasteiger partial charge is 0.388 e. The van der Waals surface area contributed by atoms with Crippen molar-refractivity contribution in [1.29, 1.82) is 0 Å². The van der Waals surface area contributed by atoms with Gasteiger partial charge in [-0.25, -0.2) is 0 Å². The van der Waals surface area contributed by atoms with Crippen LogP contribution in [0.1, 0.15) is 77.2 Å². The molecule has 0 aliphatic heterocycles. The summed E-state index contributed by atoms with van der Waals surface area (Å²) in [6, 6.07) is 0. The zero-order chi connectivity index (χ0) is 18.8. The third-order valence-electron chi connectivity index (χ3n) is 9.53. The Kier molecular flexibility index (Phi) is 4.13. The Bertz CT molecular complexity index is 751. The standard InChI is InChI=1S/C24H36N2O/c1-23-10-5-4-6-18(23)7-8-19-20(23)9-11-24(2)21(19)13-17(22(24)27)12-16-14-25-26(3)15-16/h12,14-15,18-22,27H,4-11,13H2,1-3H3/b17-12+/t18-,19+,20-,21-,22+,23+,24+/m1/s1. The molecule has 3 nitrogen and oxygen atoms in total. The number of hydrogen-bond donors (Lipinski definition) is 1. The van der Waals surface area contributed by atoms with Gasteiger partial charge in [0.05, 0.1) is 12.3 Å². The number of fused-ring (bicyclic) bond motifs is 5. The van der Waals surface area contributed by atoms with Gasteiger partial charge in [-0.2, -0.15) is 5.10 Å². The van der Waals surface area contributed by atoms with Crippen molar-refractivity contribution in [2.75, 3.05) is 0 Å². The van der Waals surface area contributed by atoms with Gasteiger partial charge in [-0.15, -0.1) is 0 Å². The molecule has 4 aliphatic carbocycles. The summed E-state index contributed by atoms with van der Waals surface area (Å²) in [4.78, 5) is 0. The Hall–Kier alpha value is -1.09. The van der Waals surface area contributed by atoms with Crippen LogP contribution in [-0.2, 0) is 7.05 Å². The predicted octanol–water partition coefficient (Wildman–Crippen LogP) is 5.21. The maximum atomic E-state index is 11.3. The van der Waals surface area contributed by atoms with Crippen LogP contribution in [0, 0.1) is 34.5 Å². The molecule has 1 aromatic rings. The van der Waals surface area contributed by atoms with E-state index in [9.17, 15) is 5.11 Å². The zero-order valence-corrected chi connectivity index (χ0v) is 17.3. The van der Waals surface area contributed by atoms with E-state index in [1.54, 1.807) is 0 Å². The molecule has 4 fully saturated rings. The molecule has 148 valence electrons. The highest BCUT2D eigenvalue weighted by Gasteiger charge is 2.60. The van der Waals surface area contributed by atoms with Gasteiger partial charge in [-0.3, -0.25) is 4.68 Å². The smallest absolute Gasteiger partial charge is 0.0809 e. The van der Waals surface area contributed by atoms with Crippen molar-refractivity contribution in [3.63, 3.8) is 0 Å². The van der Waals surface area contributed by atoms with Gasteiger partial charge in [0.2, 0.25) is 0 Å². The van der Waals surface area contributed by atoms with Crippen molar-refractivity contribution in [1.82, 2.24) is 9.78 Å². The first-order valence-corrected chi connectivity index (χ1v) is 11.3. The third-order valence-corrected chi connectivity index (χ3v) is 9.53. The maximum Gasteiger partial charge on any atom is 0.0809 e. The number of aliphatic hydroxyl groups is 1. The van der Waals surface area contributed by atoms with Gasteiger partial charge in [-0.05, 0) is 79.6 Å². The first-order chi connectivity index (χ1) is 12.9. The molecule has 1 aromatic heterocycles. The molecule has 0 bridgehead atoms. The van der Waals surface area contributed by atoms with Crippen LogP contribution in [-0.4, -0.2) is 21.0 Å². The molecule has 0 unspecified atom stereocenters. The summed E-state index contributed by atoms with van der Waals surface area (Å²) in [5.41, 5.74) is 3.04. The van der Waals surface area contributed by atoms with Gasteiger partial charge < -0.3 is 5.11 Å². The molecule has 4 saturated carbocycles. The molecule has 0 radical (unpaired) electrons. The van der Waals surface area contributed by atoms with Crippen molar-refractivity contribution in [2.45, 2.75) is 77.7 Å². The van der Waals surface area contributed by atoms with Crippen molar-refractivity contribution >= 4 is 6.08 Å². The molecule has 0 amide bonds. The molecular weight excluding hydrogens is 332 g/mol. The lowest BCUT2D eigenvalue weighted by molar-refractivity contribution is -0.119. The Morgan fingerprint density at radius 1 is 1.07 bits per heavy atom. The number of hydrogen-bond acceptors (Lipinski definition) is 2. The van der Waals surface area contributed by atoms with Crippen LogP contribution in [0.25, 0.3) is 6.08 Å². The zero-order valence-electron chi connectivity index (χ0n) is 17.3. The van der Waals surface area contributed by atoms with Crippen molar-refractivity contribution in [3.8, 4) is 0 Å². The van der Waals surface area contributed by atoms with Gasteiger partial charge in [0, 0.05) is 24.2 Å². The van der Waals surface area contributed by atoms with Crippen LogP contribution < -0.4 is 0 Å². The summed E-state index contributed by atoms with van der Waals surface area (Å²) < 4.78 is 1.85. The fourth-order valence-electron chi connectivity index (χ4n) is 8.02. The second-order valence-electron chi connectivity index (χ2n) is 10.7. The van der Waals surface area contributed by atoms with E-state index in [4.69, 9.17) is 0 Å². The van der Waals surface area contributed by atoms with E-state index in [0.29, 0.717) is 11.3 Å². The van der Waals surface area contributed by atoms with E-state index in [1.807, 2.05) is 17.9 Å². The van der Waals surface area contributed by atoms with Gasteiger partial charge in [0.25, 0.3) is 0 Å². The van der Waals surface area contributed by atoms with Gasteiger partial charge in [0.15, 0.2) is 0 Å². The number of aryl methyl sites for hydroxylation is 1. The van der Waals surface area contributed by atoms with Crippen LogP contribution in [0.15, 0.2) is 18.0 Å². The minimum atomic E-state index is -0.277. The van der Waals surface area contributed by atoms with E-state index in [1.165, 1.54) is 56.9 Å². The second kappa shape index (κ2) is 6.20. The summed E-state index contributed by atoms with van der Waals surface area (Å²) in [6.45, 7) is 5.02. The van der Waals surface area contributed by atoms with Crippen LogP contribution >= 0.6 is 0 Å². The number of aliphatic hydroxyl groups excluding tert-OH is 1. The van der Waals surface area contributed by atoms with Gasteiger partial charge in [-0.1, -0.05) is 32.8 Å². The lowest BCUT2D eigenvalue weighted by Crippen LogP contribution is -2.53. The minimum Gasteiger partial charge on any atom is -0.388 e. The highest BCUT2D eigenvalue weighted by atomic mass is 16.3. The lowest BCUT2D eigenvalue weighted by atomic mass is 9.45. The topological polar surface area (TPSA) is 38.0 Å². The Morgan fingerprint density at radius 2 is 1.93 bits per heavy atom. The maximum absolute atomic E-state index is 11.3. The van der Waals surface area contributed by atoms with Crippen molar-refractivity contribution in [2.24, 2.45) is 41.5 Å². The molecule has 1 N–H and O–H groups in total. The summed E-state index contributed by atoms with van der Waals surface area (Å²) in [5, 5.41) is 15.6. The van der Waals surface area contributed by atoms with E-state index in [0.717, 1.165) is 29.7 Å². The summed E-state index contributed by atoms with van der Waals surface area (Å²) in [6.07, 6.45) is 18.2. The first-order valence-electron chi connectivity index (χ1n) is 11.3. The van der Waals surface area contributed by atoms with Crippen LogP contribution in [0.4, 0.5) is 0 Å². The van der Waals surface area contributed by atoms with E-state index in [2.05, 4.69) is 31.2 Å². The molecule has 0 aromatic carbocycles. The monoisotopic (exact) mass is 368 g/mol. The Morgan fingerprint density at radius 3 is 2.70 bits per heavy atom. The molecule has 1 heterocycles. The molecule has 27 heavy (non-hydrogen) atoms. The third kappa shape index (κ3) is 2.60. The van der Waals surface area contributed by atoms with Crippen LogP contribution in [0.5, 0.6) is 0 Å². The quantitative estimate of drug-likeness (QED) is 0.739. The van der Waals surface area contributed by atoms with E-state index < -0.39 is 0 Å². The lowest BCUT2D eigenvalue weighted by Gasteiger charge is -2.60. The number of rotatable bonds is 1. The predicted molar refractivity (Wildman–Crippen MR) is 109 cm³/mol. The average Bonchev–Trinajstić information content (AvgIpc) is 3.16. The first kappa shape index (κ1) is 18.0. The molecule has 4 aliphatic rings. The van der Waals surface area contributed by atoms with E-state index in [-0.39, 0.29) is 11.5 Å². The highest BCUT2D eigenvalue weighted by molar-refractivity contribution is 5.54. The molecule has 3 heteroatoms. The fourth-order valence-corrected chi connectivity index (χ4v) is 8.02. The van der Waals surface area contributed by atoms with Gasteiger partial charge in [0.1, 0.15) is 0 Å². The van der Waals surface area contributed by atoms with Crippen LogP contribution in [0.2, 0.25) is 0 Å². The molecule has 5 rings (SSSR count). The van der Waals surface area contributed by atoms with Crippen molar-refractivity contribution in [3.05, 3.63) is 23.5 Å². The summed E-state index contributed by atoms with van der Waals surface area (Å²) in [5.74, 6) is 3.33. The summed E-state index contributed by atoms with van der Waals surface area (Å²) in [7, 11) is 1.96. The summed E-state index contributed by atoms with van der Waals surface area (Å²) >= 11 is 0. The fraction of sp³-hybridized carbons (Fsp3) is 0.792. The highest BCUT2D eigenvalue weighted by Crippen LogP contribution is 2.66. The van der Waals surface area contributed by atoms with Crippen LogP contribution in [0.3, 0.4) is 0 Å². The number of aromatic nitrogens is 2. The minimum absolute atomic E-state index is 0.0765. The second-order valence-corrected chi connectivity index (χ2v) is 10.7. The van der Waals surface area contributed by atoms with Gasteiger partial charge >= 0.3 is 0 Å². The van der Waals surface area contributed by atoms with Crippen molar-refractivity contribution < 1.29 is 5.11 Å². The molecule has 0 spiro atoms. The number of nitrogens with zero attached hydrogens (tertiary/aromatic N) is 2. The Balaban J connectivity index is 1.45. The van der Waals surface area contributed by atoms with E-state index >= 15 is 0 Å².